The van der Waals surface area contributed by atoms with Gasteiger partial charge in [0, 0.05) is 16.6 Å². The van der Waals surface area contributed by atoms with Gasteiger partial charge in [0.25, 0.3) is 0 Å². The molecule has 1 aromatic rings. The van der Waals surface area contributed by atoms with Crippen molar-refractivity contribution < 1.29 is 9.53 Å². The van der Waals surface area contributed by atoms with Crippen LogP contribution in [-0.2, 0) is 11.2 Å². The fourth-order valence-corrected chi connectivity index (χ4v) is 2.03. The number of amides is 1. The summed E-state index contributed by atoms with van der Waals surface area (Å²) in [5.74, 6) is 0.735. The fourth-order valence-electron chi connectivity index (χ4n) is 1.62. The predicted molar refractivity (Wildman–Crippen MR) is 82.9 cm³/mol. The minimum Gasteiger partial charge on any atom is -0.496 e. The second-order valence-electron chi connectivity index (χ2n) is 3.98. The minimum absolute atomic E-state index is 0. The number of hydrogen-bond acceptors (Lipinski definition) is 3. The molecule has 6 heteroatoms. The zero-order valence-electron chi connectivity index (χ0n) is 10.9. The SMILES string of the molecule is COc1ccc(Br)cc1CC(=O)NCCCCN.Cl. The summed E-state index contributed by atoms with van der Waals surface area (Å²) in [6.45, 7) is 1.33. The average molecular weight is 352 g/mol. The Morgan fingerprint density at radius 1 is 1.42 bits per heavy atom. The van der Waals surface area contributed by atoms with E-state index in [1.165, 1.54) is 0 Å². The molecule has 108 valence electrons. The maximum atomic E-state index is 11.7. The number of hydrogen-bond donors (Lipinski definition) is 2. The number of nitrogens with one attached hydrogen (secondary N) is 1. The molecule has 4 nitrogen and oxygen atoms in total. The lowest BCUT2D eigenvalue weighted by Crippen LogP contribution is -2.26. The van der Waals surface area contributed by atoms with E-state index in [1.54, 1.807) is 7.11 Å². The Balaban J connectivity index is 0.00000324. The third-order valence-corrected chi connectivity index (χ3v) is 3.04. The van der Waals surface area contributed by atoms with Crippen molar-refractivity contribution in [3.8, 4) is 5.75 Å². The number of carbonyl (C=O) groups is 1. The highest BCUT2D eigenvalue weighted by atomic mass is 79.9. The first-order valence-electron chi connectivity index (χ1n) is 5.96. The number of carbonyl (C=O) groups excluding carboxylic acids is 1. The molecule has 1 amide bonds. The van der Waals surface area contributed by atoms with E-state index < -0.39 is 0 Å². The Morgan fingerprint density at radius 3 is 2.79 bits per heavy atom. The molecule has 0 aromatic heterocycles. The van der Waals surface area contributed by atoms with Crippen LogP contribution in [0.2, 0.25) is 0 Å². The summed E-state index contributed by atoms with van der Waals surface area (Å²) >= 11 is 3.39. The van der Waals surface area contributed by atoms with Crippen molar-refractivity contribution in [2.45, 2.75) is 19.3 Å². The molecule has 0 radical (unpaired) electrons. The van der Waals surface area contributed by atoms with Crippen molar-refractivity contribution >= 4 is 34.2 Å². The Labute approximate surface area is 128 Å². The van der Waals surface area contributed by atoms with Crippen LogP contribution in [0.1, 0.15) is 18.4 Å². The van der Waals surface area contributed by atoms with E-state index in [0.29, 0.717) is 19.5 Å². The molecule has 0 aliphatic rings. The molecule has 0 unspecified atom stereocenters. The molecule has 0 bridgehead atoms. The topological polar surface area (TPSA) is 64.3 Å². The third-order valence-electron chi connectivity index (χ3n) is 2.55. The molecule has 0 aliphatic heterocycles. The summed E-state index contributed by atoms with van der Waals surface area (Å²) in [5, 5.41) is 2.87. The van der Waals surface area contributed by atoms with Crippen molar-refractivity contribution in [2.75, 3.05) is 20.2 Å². The first-order chi connectivity index (χ1) is 8.67. The molecule has 0 atom stereocenters. The maximum Gasteiger partial charge on any atom is 0.224 e. The van der Waals surface area contributed by atoms with Crippen LogP contribution < -0.4 is 15.8 Å². The van der Waals surface area contributed by atoms with E-state index in [-0.39, 0.29) is 18.3 Å². The summed E-state index contributed by atoms with van der Waals surface area (Å²) in [6.07, 6.45) is 2.17. The highest BCUT2D eigenvalue weighted by molar-refractivity contribution is 9.10. The van der Waals surface area contributed by atoms with Crippen LogP contribution in [0.5, 0.6) is 5.75 Å². The van der Waals surface area contributed by atoms with Gasteiger partial charge in [-0.15, -0.1) is 12.4 Å². The van der Waals surface area contributed by atoms with Crippen molar-refractivity contribution in [3.05, 3.63) is 28.2 Å². The van der Waals surface area contributed by atoms with Crippen LogP contribution in [0.4, 0.5) is 0 Å². The van der Waals surface area contributed by atoms with Gasteiger partial charge in [0.15, 0.2) is 0 Å². The average Bonchev–Trinajstić information content (AvgIpc) is 2.35. The standard InChI is InChI=1S/C13H19BrN2O2.ClH/c1-18-12-5-4-11(14)8-10(12)9-13(17)16-7-3-2-6-15;/h4-5,8H,2-3,6-7,9,15H2,1H3,(H,16,17);1H. The van der Waals surface area contributed by atoms with Crippen LogP contribution in [0.25, 0.3) is 0 Å². The van der Waals surface area contributed by atoms with Gasteiger partial charge in [-0.2, -0.15) is 0 Å². The Morgan fingerprint density at radius 2 is 2.16 bits per heavy atom. The van der Waals surface area contributed by atoms with Gasteiger partial charge in [-0.25, -0.2) is 0 Å². The normalized spacial score (nSPS) is 9.63. The van der Waals surface area contributed by atoms with Crippen LogP contribution >= 0.6 is 28.3 Å². The molecule has 0 aliphatic carbocycles. The lowest BCUT2D eigenvalue weighted by atomic mass is 10.1. The third kappa shape index (κ3) is 6.80. The predicted octanol–water partition coefficient (Wildman–Crippen LogP) is 2.28. The highest BCUT2D eigenvalue weighted by Gasteiger charge is 2.08. The van der Waals surface area contributed by atoms with Crippen LogP contribution in [0.3, 0.4) is 0 Å². The van der Waals surface area contributed by atoms with Crippen molar-refractivity contribution in [3.63, 3.8) is 0 Å². The molecule has 0 heterocycles. The minimum atomic E-state index is 0. The molecule has 0 saturated carbocycles. The quantitative estimate of drug-likeness (QED) is 0.741. The largest absolute Gasteiger partial charge is 0.496 e. The lowest BCUT2D eigenvalue weighted by Gasteiger charge is -2.09. The van der Waals surface area contributed by atoms with Gasteiger partial charge in [0.1, 0.15) is 5.75 Å². The number of nitrogens with two attached hydrogens (primary N) is 1. The molecule has 0 spiro atoms. The summed E-state index contributed by atoms with van der Waals surface area (Å²) in [4.78, 5) is 11.7. The monoisotopic (exact) mass is 350 g/mol. The lowest BCUT2D eigenvalue weighted by molar-refractivity contribution is -0.120. The van der Waals surface area contributed by atoms with E-state index >= 15 is 0 Å². The summed E-state index contributed by atoms with van der Waals surface area (Å²) in [7, 11) is 1.60. The molecule has 1 aromatic carbocycles. The van der Waals surface area contributed by atoms with E-state index in [2.05, 4.69) is 21.2 Å². The van der Waals surface area contributed by atoms with E-state index in [0.717, 1.165) is 28.6 Å². The van der Waals surface area contributed by atoms with E-state index in [4.69, 9.17) is 10.5 Å². The van der Waals surface area contributed by atoms with Gasteiger partial charge in [0.2, 0.25) is 5.91 Å². The number of halogens is 2. The second-order valence-corrected chi connectivity index (χ2v) is 4.89. The number of methoxy groups -OCH3 is 1. The number of benzene rings is 1. The van der Waals surface area contributed by atoms with Crippen LogP contribution in [0.15, 0.2) is 22.7 Å². The first kappa shape index (κ1) is 18.2. The highest BCUT2D eigenvalue weighted by Crippen LogP contribution is 2.23. The smallest absolute Gasteiger partial charge is 0.224 e. The summed E-state index contributed by atoms with van der Waals surface area (Å²) < 4.78 is 6.17. The number of rotatable bonds is 7. The van der Waals surface area contributed by atoms with Gasteiger partial charge in [-0.1, -0.05) is 15.9 Å². The molecule has 0 fully saturated rings. The number of ether oxygens (including phenoxy) is 1. The first-order valence-corrected chi connectivity index (χ1v) is 6.76. The summed E-state index contributed by atoms with van der Waals surface area (Å²) in [6, 6.07) is 5.64. The Kier molecular flexibility index (Phi) is 9.65. The maximum absolute atomic E-state index is 11.7. The van der Waals surface area contributed by atoms with Gasteiger partial charge in [0.05, 0.1) is 13.5 Å². The molecular weight excluding hydrogens is 332 g/mol. The Hall–Kier alpha value is -0.780. The number of unbranched alkanes of at least 4 members (excludes halogenated alkanes) is 1. The van der Waals surface area contributed by atoms with Crippen LogP contribution in [-0.4, -0.2) is 26.1 Å². The zero-order chi connectivity index (χ0) is 13.4. The van der Waals surface area contributed by atoms with E-state index in [9.17, 15) is 4.79 Å². The molecule has 0 saturated heterocycles. The van der Waals surface area contributed by atoms with Crippen molar-refractivity contribution in [2.24, 2.45) is 5.73 Å². The van der Waals surface area contributed by atoms with Crippen molar-refractivity contribution in [1.82, 2.24) is 5.32 Å². The molecule has 1 rings (SSSR count). The Bertz CT molecular complexity index is 402. The van der Waals surface area contributed by atoms with Gasteiger partial charge in [-0.05, 0) is 37.6 Å². The van der Waals surface area contributed by atoms with Gasteiger partial charge in [-0.3, -0.25) is 4.79 Å². The zero-order valence-corrected chi connectivity index (χ0v) is 13.4. The fraction of sp³-hybridized carbons (Fsp3) is 0.462. The second kappa shape index (κ2) is 10.1. The summed E-state index contributed by atoms with van der Waals surface area (Å²) in [5.41, 5.74) is 6.27. The van der Waals surface area contributed by atoms with Gasteiger partial charge < -0.3 is 15.8 Å². The van der Waals surface area contributed by atoms with E-state index in [1.807, 2.05) is 18.2 Å². The molecule has 3 N–H and O–H groups in total. The molecular formula is C13H20BrClN2O2. The van der Waals surface area contributed by atoms with Crippen molar-refractivity contribution in [1.29, 1.82) is 0 Å². The molecule has 19 heavy (non-hydrogen) atoms. The van der Waals surface area contributed by atoms with Crippen LogP contribution in [0, 0.1) is 0 Å². The van der Waals surface area contributed by atoms with Gasteiger partial charge >= 0.3 is 0 Å².